The van der Waals surface area contributed by atoms with Crippen molar-refractivity contribution in [2.75, 3.05) is 0 Å². The Bertz CT molecular complexity index is 888. The molecule has 0 radical (unpaired) electrons. The maximum absolute atomic E-state index is 2.84. The lowest BCUT2D eigenvalue weighted by Crippen LogP contribution is -2.91. The largest absolute Gasteiger partial charge is 0.0588 e. The Morgan fingerprint density at radius 3 is 1.68 bits per heavy atom. The predicted octanol–water partition coefficient (Wildman–Crippen LogP) is 5.58. The molecule has 0 nitrogen and oxygen atoms in total. The lowest BCUT2D eigenvalue weighted by atomic mass is 9.09. The van der Waals surface area contributed by atoms with Crippen LogP contribution in [0.2, 0.25) is 0 Å². The summed E-state index contributed by atoms with van der Waals surface area (Å²) in [6, 6.07) is 0. The second kappa shape index (κ2) is 3.52. The fourth-order valence-electron chi connectivity index (χ4n) is 15.8. The third kappa shape index (κ3) is 0.905. The molecule has 0 aromatic carbocycles. The number of rotatable bonds is 0. The molecule has 0 N–H and O–H groups in total. The van der Waals surface area contributed by atoms with Gasteiger partial charge in [0.25, 0.3) is 0 Å². The molecule has 18 unspecified atom stereocenters. The van der Waals surface area contributed by atoms with Crippen LogP contribution in [0.1, 0.15) is 52.4 Å². The first-order valence-electron chi connectivity index (χ1n) is 13.7. The first kappa shape index (κ1) is 14.1. The topological polar surface area (TPSA) is 0 Å². The standard InChI is InChI=1S/C28H36/c1-27-8-14-13(19-20(14)23-17-10-4-3-9(10)16(17)22(19)23)7-15(27)25-24-18-11-5-6-12(11)21(18)26(24)28(25,27)2/h9-26H,3-8H2,1-2H3/t9?,10?,11?,12?,13-,14+,15?,16?,17?,18?,19?,20?,21?,22?,23?,24?,25?,26?,27?,28?/m0/s1. The van der Waals surface area contributed by atoms with Crippen molar-refractivity contribution in [3.8, 4) is 0 Å². The normalized spacial score (nSPS) is 88.5. The molecule has 0 heterocycles. The molecule has 0 saturated heterocycles. The van der Waals surface area contributed by atoms with E-state index in [2.05, 4.69) is 13.8 Å². The van der Waals surface area contributed by atoms with E-state index in [0.29, 0.717) is 0 Å². The highest BCUT2D eigenvalue weighted by atomic mass is 15.0. The molecule has 0 aromatic heterocycles. The summed E-state index contributed by atoms with van der Waals surface area (Å²) in [7, 11) is 0. The Labute approximate surface area is 170 Å². The van der Waals surface area contributed by atoms with Gasteiger partial charge in [0, 0.05) is 0 Å². The van der Waals surface area contributed by atoms with E-state index in [4.69, 9.17) is 0 Å². The van der Waals surface area contributed by atoms with Crippen molar-refractivity contribution in [2.24, 2.45) is 117 Å². The number of hydrogen-bond donors (Lipinski definition) is 0. The summed E-state index contributed by atoms with van der Waals surface area (Å²) < 4.78 is 0. The van der Waals surface area contributed by atoms with Gasteiger partial charge in [-0.1, -0.05) is 13.8 Å². The molecule has 0 amide bonds. The molecular formula is C28H36. The molecule has 20 atom stereocenters. The van der Waals surface area contributed by atoms with Crippen LogP contribution in [-0.4, -0.2) is 0 Å². The van der Waals surface area contributed by atoms with Crippen LogP contribution in [0.25, 0.3) is 0 Å². The molecule has 11 aliphatic carbocycles. The summed E-state index contributed by atoms with van der Waals surface area (Å²) in [5.41, 5.74) is 1.58. The maximum Gasteiger partial charge on any atom is -0.0201 e. The van der Waals surface area contributed by atoms with Crippen LogP contribution in [0.5, 0.6) is 0 Å². The molecule has 0 heteroatoms. The molecule has 0 aromatic rings. The van der Waals surface area contributed by atoms with E-state index in [9.17, 15) is 0 Å². The van der Waals surface area contributed by atoms with Crippen molar-refractivity contribution in [1.82, 2.24) is 0 Å². The van der Waals surface area contributed by atoms with Crippen molar-refractivity contribution < 1.29 is 0 Å². The molecular weight excluding hydrogens is 336 g/mol. The Kier molecular flexibility index (Phi) is 1.78. The van der Waals surface area contributed by atoms with Gasteiger partial charge in [0.1, 0.15) is 0 Å². The molecule has 0 aliphatic heterocycles. The summed E-state index contributed by atoms with van der Waals surface area (Å²) in [5, 5.41) is 0. The summed E-state index contributed by atoms with van der Waals surface area (Å²) in [4.78, 5) is 0. The van der Waals surface area contributed by atoms with E-state index in [1.807, 2.05) is 0 Å². The van der Waals surface area contributed by atoms with Gasteiger partial charge in [-0.05, 0) is 156 Å². The highest BCUT2D eigenvalue weighted by Gasteiger charge is 2.91. The maximum atomic E-state index is 2.84. The van der Waals surface area contributed by atoms with Crippen molar-refractivity contribution >= 4 is 0 Å². The minimum Gasteiger partial charge on any atom is -0.0588 e. The van der Waals surface area contributed by atoms with Gasteiger partial charge in [-0.2, -0.15) is 0 Å². The lowest BCUT2D eigenvalue weighted by molar-refractivity contribution is -0.483. The first-order chi connectivity index (χ1) is 13.7. The van der Waals surface area contributed by atoms with Gasteiger partial charge >= 0.3 is 0 Å². The van der Waals surface area contributed by atoms with Crippen LogP contribution in [0, 0.1) is 117 Å². The van der Waals surface area contributed by atoms with E-state index in [0.717, 1.165) is 10.8 Å². The minimum atomic E-state index is 0.775. The highest BCUT2D eigenvalue weighted by molar-refractivity contribution is 5.38. The van der Waals surface area contributed by atoms with Crippen LogP contribution >= 0.6 is 0 Å². The van der Waals surface area contributed by atoms with E-state index >= 15 is 0 Å². The van der Waals surface area contributed by atoms with Gasteiger partial charge < -0.3 is 0 Å². The second-order valence-electron chi connectivity index (χ2n) is 15.1. The number of hydrogen-bond acceptors (Lipinski definition) is 0. The van der Waals surface area contributed by atoms with E-state index in [1.165, 1.54) is 107 Å². The highest BCUT2D eigenvalue weighted by Crippen LogP contribution is 2.96. The zero-order valence-corrected chi connectivity index (χ0v) is 17.6. The zero-order valence-electron chi connectivity index (χ0n) is 17.6. The molecule has 28 heavy (non-hydrogen) atoms. The Morgan fingerprint density at radius 1 is 0.500 bits per heavy atom. The van der Waals surface area contributed by atoms with Crippen LogP contribution in [0.3, 0.4) is 0 Å². The summed E-state index contributed by atoms with van der Waals surface area (Å²) in [6.07, 6.45) is 9.93. The van der Waals surface area contributed by atoms with Gasteiger partial charge in [0.2, 0.25) is 0 Å². The molecule has 0 bridgehead atoms. The third-order valence-electron chi connectivity index (χ3n) is 16.6. The van der Waals surface area contributed by atoms with E-state index in [1.54, 1.807) is 38.5 Å². The monoisotopic (exact) mass is 372 g/mol. The summed E-state index contributed by atoms with van der Waals surface area (Å²) in [6.45, 7) is 5.67. The van der Waals surface area contributed by atoms with Crippen LogP contribution in [-0.2, 0) is 0 Å². The molecule has 148 valence electrons. The Hall–Kier alpha value is 0. The molecule has 11 rings (SSSR count). The van der Waals surface area contributed by atoms with Gasteiger partial charge in [0.05, 0.1) is 0 Å². The second-order valence-corrected chi connectivity index (χ2v) is 15.1. The average Bonchev–Trinajstić information content (AvgIpc) is 2.61. The van der Waals surface area contributed by atoms with Crippen molar-refractivity contribution in [2.45, 2.75) is 52.4 Å². The van der Waals surface area contributed by atoms with Crippen LogP contribution in [0.15, 0.2) is 0 Å². The first-order valence-corrected chi connectivity index (χ1v) is 13.7. The van der Waals surface area contributed by atoms with Crippen molar-refractivity contribution in [3.05, 3.63) is 0 Å². The van der Waals surface area contributed by atoms with E-state index in [-0.39, 0.29) is 0 Å². The minimum absolute atomic E-state index is 0.775. The summed E-state index contributed by atoms with van der Waals surface area (Å²) >= 11 is 0. The SMILES string of the molecule is CC12C[C@H]3C4C5C6C7CCC7C6C5C4[C@H]3CC1C1C3C4C5CCC5C4C3C12C. The molecule has 11 saturated carbocycles. The molecule has 11 fully saturated rings. The Balaban J connectivity index is 0.941. The third-order valence-corrected chi connectivity index (χ3v) is 16.6. The van der Waals surface area contributed by atoms with Crippen LogP contribution in [0.4, 0.5) is 0 Å². The lowest BCUT2D eigenvalue weighted by Gasteiger charge is -2.95. The van der Waals surface area contributed by atoms with Crippen molar-refractivity contribution in [1.29, 1.82) is 0 Å². The van der Waals surface area contributed by atoms with Gasteiger partial charge in [-0.25, -0.2) is 0 Å². The smallest absolute Gasteiger partial charge is 0.0201 e. The average molecular weight is 373 g/mol. The van der Waals surface area contributed by atoms with Gasteiger partial charge in [-0.3, -0.25) is 0 Å². The predicted molar refractivity (Wildman–Crippen MR) is 107 cm³/mol. The van der Waals surface area contributed by atoms with Crippen LogP contribution < -0.4 is 0 Å². The fourth-order valence-corrected chi connectivity index (χ4v) is 15.8. The number of fused-ring (bicyclic) bond motifs is 26. The van der Waals surface area contributed by atoms with Gasteiger partial charge in [-0.15, -0.1) is 0 Å². The molecule has 11 aliphatic rings. The fraction of sp³-hybridized carbons (Fsp3) is 1.00. The van der Waals surface area contributed by atoms with Crippen molar-refractivity contribution in [3.63, 3.8) is 0 Å². The van der Waals surface area contributed by atoms with Gasteiger partial charge in [0.15, 0.2) is 0 Å². The molecule has 0 spiro atoms. The van der Waals surface area contributed by atoms with E-state index < -0.39 is 0 Å². The zero-order chi connectivity index (χ0) is 17.6. The Morgan fingerprint density at radius 2 is 1.04 bits per heavy atom. The summed E-state index contributed by atoms with van der Waals surface area (Å²) in [5.74, 6) is 22.3. The quantitative estimate of drug-likeness (QED) is 0.487.